The highest BCUT2D eigenvalue weighted by atomic mass is 16.2. The standard InChI is InChI=1S/C19H20N2O2/c1-13-8-14(2)10-15(9-13)19(23)20-16-11-18(22)21(12-16)17-6-4-3-5-7-17/h3-10,16H,11-12H2,1-2H3,(H,20,23). The van der Waals surface area contributed by atoms with E-state index in [-0.39, 0.29) is 17.9 Å². The van der Waals surface area contributed by atoms with Crippen LogP contribution in [0.15, 0.2) is 48.5 Å². The number of carbonyl (C=O) groups is 2. The van der Waals surface area contributed by atoms with E-state index in [2.05, 4.69) is 5.32 Å². The molecule has 0 aliphatic carbocycles. The Morgan fingerprint density at radius 2 is 1.74 bits per heavy atom. The Kier molecular flexibility index (Phi) is 4.15. The van der Waals surface area contributed by atoms with E-state index in [0.717, 1.165) is 16.8 Å². The van der Waals surface area contributed by atoms with Crippen LogP contribution in [0.5, 0.6) is 0 Å². The topological polar surface area (TPSA) is 49.4 Å². The smallest absolute Gasteiger partial charge is 0.251 e. The second-order valence-corrected chi connectivity index (χ2v) is 6.09. The summed E-state index contributed by atoms with van der Waals surface area (Å²) in [7, 11) is 0. The van der Waals surface area contributed by atoms with Crippen LogP contribution in [0.25, 0.3) is 0 Å². The van der Waals surface area contributed by atoms with E-state index in [1.165, 1.54) is 0 Å². The first kappa shape index (κ1) is 15.3. The summed E-state index contributed by atoms with van der Waals surface area (Å²) >= 11 is 0. The van der Waals surface area contributed by atoms with Gasteiger partial charge in [0.15, 0.2) is 0 Å². The van der Waals surface area contributed by atoms with Gasteiger partial charge in [0.2, 0.25) is 5.91 Å². The molecule has 1 aliphatic rings. The summed E-state index contributed by atoms with van der Waals surface area (Å²) in [5.74, 6) is -0.0774. The number of hydrogen-bond donors (Lipinski definition) is 1. The van der Waals surface area contributed by atoms with Gasteiger partial charge in [-0.1, -0.05) is 35.4 Å². The lowest BCUT2D eigenvalue weighted by Crippen LogP contribution is -2.37. The highest BCUT2D eigenvalue weighted by Gasteiger charge is 2.31. The molecule has 1 saturated heterocycles. The Hall–Kier alpha value is -2.62. The lowest BCUT2D eigenvalue weighted by Gasteiger charge is -2.17. The third-order valence-electron chi connectivity index (χ3n) is 4.01. The average Bonchev–Trinajstić information content (AvgIpc) is 2.87. The number of para-hydroxylation sites is 1. The fraction of sp³-hybridized carbons (Fsp3) is 0.263. The molecule has 0 saturated carbocycles. The van der Waals surface area contributed by atoms with Crippen LogP contribution < -0.4 is 10.2 Å². The molecule has 0 spiro atoms. The molecule has 1 N–H and O–H groups in total. The minimum Gasteiger partial charge on any atom is -0.347 e. The van der Waals surface area contributed by atoms with E-state index >= 15 is 0 Å². The van der Waals surface area contributed by atoms with E-state index in [9.17, 15) is 9.59 Å². The normalized spacial score (nSPS) is 17.4. The van der Waals surface area contributed by atoms with Crippen LogP contribution >= 0.6 is 0 Å². The summed E-state index contributed by atoms with van der Waals surface area (Å²) in [6.45, 7) is 4.46. The molecule has 1 atom stereocenters. The quantitative estimate of drug-likeness (QED) is 0.948. The highest BCUT2D eigenvalue weighted by Crippen LogP contribution is 2.21. The van der Waals surface area contributed by atoms with E-state index in [1.807, 2.05) is 62.4 Å². The van der Waals surface area contributed by atoms with Crippen LogP contribution in [0.2, 0.25) is 0 Å². The summed E-state index contributed by atoms with van der Waals surface area (Å²) in [5, 5.41) is 2.98. The van der Waals surface area contributed by atoms with Gasteiger partial charge in [-0.2, -0.15) is 0 Å². The largest absolute Gasteiger partial charge is 0.347 e. The van der Waals surface area contributed by atoms with Crippen molar-refractivity contribution in [2.45, 2.75) is 26.3 Å². The molecule has 118 valence electrons. The van der Waals surface area contributed by atoms with Crippen LogP contribution in [-0.4, -0.2) is 24.4 Å². The maximum absolute atomic E-state index is 12.4. The summed E-state index contributed by atoms with van der Waals surface area (Å²) in [6, 6.07) is 15.2. The molecular weight excluding hydrogens is 288 g/mol. The van der Waals surface area contributed by atoms with E-state index < -0.39 is 0 Å². The molecule has 1 fully saturated rings. The number of anilines is 1. The number of hydrogen-bond acceptors (Lipinski definition) is 2. The van der Waals surface area contributed by atoms with Crippen LogP contribution in [0.3, 0.4) is 0 Å². The Morgan fingerprint density at radius 3 is 2.39 bits per heavy atom. The summed E-state index contributed by atoms with van der Waals surface area (Å²) < 4.78 is 0. The van der Waals surface area contributed by atoms with E-state index in [4.69, 9.17) is 0 Å². The van der Waals surface area contributed by atoms with Crippen LogP contribution in [-0.2, 0) is 4.79 Å². The fourth-order valence-corrected chi connectivity index (χ4v) is 3.04. The van der Waals surface area contributed by atoms with Crippen molar-refractivity contribution in [1.29, 1.82) is 0 Å². The zero-order chi connectivity index (χ0) is 16.4. The van der Waals surface area contributed by atoms with Gasteiger partial charge >= 0.3 is 0 Å². The third-order valence-corrected chi connectivity index (χ3v) is 4.01. The molecule has 23 heavy (non-hydrogen) atoms. The Labute approximate surface area is 136 Å². The van der Waals surface area contributed by atoms with Gasteiger partial charge in [-0.25, -0.2) is 0 Å². The van der Waals surface area contributed by atoms with Crippen molar-refractivity contribution in [3.05, 3.63) is 65.2 Å². The van der Waals surface area contributed by atoms with Crippen molar-refractivity contribution >= 4 is 17.5 Å². The molecular formula is C19H20N2O2. The minimum atomic E-state index is -0.156. The van der Waals surface area contributed by atoms with Gasteiger partial charge < -0.3 is 10.2 Å². The van der Waals surface area contributed by atoms with Crippen LogP contribution in [0.4, 0.5) is 5.69 Å². The first-order chi connectivity index (χ1) is 11.0. The maximum atomic E-state index is 12.4. The Morgan fingerprint density at radius 1 is 1.09 bits per heavy atom. The number of carbonyl (C=O) groups excluding carboxylic acids is 2. The van der Waals surface area contributed by atoms with Crippen molar-refractivity contribution in [3.63, 3.8) is 0 Å². The number of rotatable bonds is 3. The van der Waals surface area contributed by atoms with Gasteiger partial charge in [0.05, 0.1) is 6.04 Å². The highest BCUT2D eigenvalue weighted by molar-refractivity contribution is 5.99. The number of aryl methyl sites for hydroxylation is 2. The van der Waals surface area contributed by atoms with Gasteiger partial charge in [0, 0.05) is 24.2 Å². The zero-order valence-corrected chi connectivity index (χ0v) is 13.4. The molecule has 4 heteroatoms. The van der Waals surface area contributed by atoms with Crippen molar-refractivity contribution in [1.82, 2.24) is 5.32 Å². The molecule has 3 rings (SSSR count). The van der Waals surface area contributed by atoms with E-state index in [1.54, 1.807) is 4.90 Å². The van der Waals surface area contributed by atoms with E-state index in [0.29, 0.717) is 18.5 Å². The lowest BCUT2D eigenvalue weighted by atomic mass is 10.1. The number of amides is 2. The zero-order valence-electron chi connectivity index (χ0n) is 13.4. The van der Waals surface area contributed by atoms with Gasteiger partial charge in [-0.3, -0.25) is 9.59 Å². The third kappa shape index (κ3) is 3.42. The van der Waals surface area contributed by atoms with Gasteiger partial charge in [-0.05, 0) is 38.1 Å². The molecule has 0 aromatic heterocycles. The molecule has 1 heterocycles. The molecule has 2 aromatic carbocycles. The Balaban J connectivity index is 1.70. The Bertz CT molecular complexity index is 720. The molecule has 0 bridgehead atoms. The molecule has 1 unspecified atom stereocenters. The van der Waals surface area contributed by atoms with Crippen molar-refractivity contribution in [2.75, 3.05) is 11.4 Å². The predicted octanol–water partition coefficient (Wildman–Crippen LogP) is 2.84. The minimum absolute atomic E-state index is 0.0434. The maximum Gasteiger partial charge on any atom is 0.251 e. The number of nitrogens with one attached hydrogen (secondary N) is 1. The molecule has 4 nitrogen and oxygen atoms in total. The average molecular weight is 308 g/mol. The lowest BCUT2D eigenvalue weighted by molar-refractivity contribution is -0.117. The summed E-state index contributed by atoms with van der Waals surface area (Å²) in [4.78, 5) is 26.3. The molecule has 1 aliphatic heterocycles. The summed E-state index contributed by atoms with van der Waals surface area (Å²) in [6.07, 6.45) is 0.339. The number of nitrogens with zero attached hydrogens (tertiary/aromatic N) is 1. The first-order valence-electron chi connectivity index (χ1n) is 7.77. The molecule has 2 aromatic rings. The molecule has 2 amide bonds. The van der Waals surface area contributed by atoms with Gasteiger partial charge in [-0.15, -0.1) is 0 Å². The monoisotopic (exact) mass is 308 g/mol. The van der Waals surface area contributed by atoms with Gasteiger partial charge in [0.1, 0.15) is 0 Å². The second-order valence-electron chi connectivity index (χ2n) is 6.09. The summed E-state index contributed by atoms with van der Waals surface area (Å²) in [5.41, 5.74) is 3.64. The fourth-order valence-electron chi connectivity index (χ4n) is 3.04. The van der Waals surface area contributed by atoms with Crippen LogP contribution in [0, 0.1) is 13.8 Å². The van der Waals surface area contributed by atoms with Crippen molar-refractivity contribution in [2.24, 2.45) is 0 Å². The number of benzene rings is 2. The second kappa shape index (κ2) is 6.24. The van der Waals surface area contributed by atoms with Crippen LogP contribution in [0.1, 0.15) is 27.9 Å². The van der Waals surface area contributed by atoms with Crippen molar-refractivity contribution < 1.29 is 9.59 Å². The van der Waals surface area contributed by atoms with Gasteiger partial charge in [0.25, 0.3) is 5.91 Å². The van der Waals surface area contributed by atoms with Crippen molar-refractivity contribution in [3.8, 4) is 0 Å². The SMILES string of the molecule is Cc1cc(C)cc(C(=O)NC2CC(=O)N(c3ccccc3)C2)c1. The first-order valence-corrected chi connectivity index (χ1v) is 7.77. The predicted molar refractivity (Wildman–Crippen MR) is 90.6 cm³/mol. The molecule has 0 radical (unpaired) electrons.